The van der Waals surface area contributed by atoms with Crippen molar-refractivity contribution in [2.24, 2.45) is 11.8 Å². The molecule has 1 saturated carbocycles. The maximum absolute atomic E-state index is 13.3. The minimum Gasteiger partial charge on any atom is -0.385 e. The van der Waals surface area contributed by atoms with Crippen LogP contribution < -0.4 is 10.6 Å². The number of fused-ring (bicyclic) bond motifs is 1. The molecule has 1 aliphatic heterocycles. The van der Waals surface area contributed by atoms with Crippen molar-refractivity contribution < 1.29 is 9.59 Å². The van der Waals surface area contributed by atoms with Crippen LogP contribution in [0.15, 0.2) is 42.9 Å². The second-order valence-electron chi connectivity index (χ2n) is 9.36. The zero-order valence-corrected chi connectivity index (χ0v) is 20.0. The predicted octanol–water partition coefficient (Wildman–Crippen LogP) is 3.28. The number of carbonyl (C=O) groups excluding carboxylic acids is 2. The van der Waals surface area contributed by atoms with Crippen molar-refractivity contribution in [1.82, 2.24) is 20.2 Å². The van der Waals surface area contributed by atoms with E-state index in [-0.39, 0.29) is 17.1 Å². The number of aromatic nitrogens is 2. The lowest BCUT2D eigenvalue weighted by Crippen LogP contribution is -2.56. The number of rotatable bonds is 10. The Bertz CT molecular complexity index is 891. The van der Waals surface area contributed by atoms with E-state index >= 15 is 0 Å². The number of nitrogens with zero attached hydrogens (tertiary/aromatic N) is 2. The largest absolute Gasteiger partial charge is 0.385 e. The van der Waals surface area contributed by atoms with Gasteiger partial charge in [0.2, 0.25) is 11.0 Å². The topological polar surface area (TPSA) is 90.1 Å². The van der Waals surface area contributed by atoms with Gasteiger partial charge in [-0.25, -0.2) is 4.98 Å². The maximum Gasteiger partial charge on any atom is 0.224 e. The predicted molar refractivity (Wildman–Crippen MR) is 133 cm³/mol. The standard InChI is InChI=1S/C25H35N5O2S/c31-24(10-11-27-20-8-2-1-3-9-20)30-16-19-7-5-4-6-18(19)12-22(30)15-28-23(25(32)33)13-21-14-26-17-29-21/h1-3,8-9,14,17-19,22-23,27-28H,4-7,10-13,15-16H2,(H,26,29)(H,32,33)/t18-,19-,22+,23+/m1/s1. The van der Waals surface area contributed by atoms with Gasteiger partial charge in [0.1, 0.15) is 0 Å². The molecule has 7 nitrogen and oxygen atoms in total. The number of amides is 1. The third-order valence-corrected chi connectivity index (χ3v) is 7.46. The second-order valence-corrected chi connectivity index (χ2v) is 9.80. The molecule has 4 atom stereocenters. The van der Waals surface area contributed by atoms with Crippen LogP contribution in [0.3, 0.4) is 0 Å². The van der Waals surface area contributed by atoms with Crippen LogP contribution in [0.25, 0.3) is 0 Å². The molecule has 0 radical (unpaired) electrons. The van der Waals surface area contributed by atoms with Crippen LogP contribution in [0.4, 0.5) is 5.69 Å². The zero-order chi connectivity index (χ0) is 23.0. The number of hydrogen-bond acceptors (Lipinski definition) is 5. The van der Waals surface area contributed by atoms with Gasteiger partial charge in [0, 0.05) is 56.1 Å². The van der Waals surface area contributed by atoms with E-state index in [1.807, 2.05) is 30.3 Å². The van der Waals surface area contributed by atoms with E-state index in [0.717, 1.165) is 24.3 Å². The Morgan fingerprint density at radius 2 is 1.97 bits per heavy atom. The van der Waals surface area contributed by atoms with E-state index < -0.39 is 6.04 Å². The Morgan fingerprint density at radius 1 is 1.18 bits per heavy atom. The minimum absolute atomic E-state index is 0.102. The first-order valence-electron chi connectivity index (χ1n) is 12.1. The van der Waals surface area contributed by atoms with Crippen LogP contribution in [0.5, 0.6) is 0 Å². The van der Waals surface area contributed by atoms with E-state index in [4.69, 9.17) is 0 Å². The first kappa shape index (κ1) is 23.8. The second kappa shape index (κ2) is 11.7. The molecule has 0 spiro atoms. The number of anilines is 1. The lowest BCUT2D eigenvalue weighted by Gasteiger charge is -2.46. The molecule has 2 aliphatic rings. The fourth-order valence-corrected chi connectivity index (χ4v) is 5.55. The fourth-order valence-electron chi connectivity index (χ4n) is 5.37. The average molecular weight is 470 g/mol. The molecule has 1 amide bonds. The van der Waals surface area contributed by atoms with Crippen molar-refractivity contribution in [2.75, 3.05) is 25.0 Å². The third kappa shape index (κ3) is 6.60. The third-order valence-electron chi connectivity index (χ3n) is 7.15. The normalized spacial score (nSPS) is 23.5. The summed E-state index contributed by atoms with van der Waals surface area (Å²) in [4.78, 5) is 34.6. The van der Waals surface area contributed by atoms with E-state index in [2.05, 4.69) is 38.1 Å². The summed E-state index contributed by atoms with van der Waals surface area (Å²) in [5.74, 6) is 1.47. The van der Waals surface area contributed by atoms with Gasteiger partial charge >= 0.3 is 0 Å². The van der Waals surface area contributed by atoms with Gasteiger partial charge in [-0.1, -0.05) is 37.5 Å². The van der Waals surface area contributed by atoms with Crippen molar-refractivity contribution in [1.29, 1.82) is 0 Å². The smallest absolute Gasteiger partial charge is 0.224 e. The number of para-hydroxylation sites is 1. The summed E-state index contributed by atoms with van der Waals surface area (Å²) in [5.41, 5.74) is 1.93. The zero-order valence-electron chi connectivity index (χ0n) is 19.1. The van der Waals surface area contributed by atoms with Crippen LogP contribution in [0.1, 0.15) is 44.2 Å². The van der Waals surface area contributed by atoms with Crippen molar-refractivity contribution in [3.05, 3.63) is 48.5 Å². The Hall–Kier alpha value is -2.32. The minimum atomic E-state index is -0.408. The Kier molecular flexibility index (Phi) is 8.45. The van der Waals surface area contributed by atoms with Crippen LogP contribution in [0, 0.1) is 11.8 Å². The van der Waals surface area contributed by atoms with Gasteiger partial charge in [0.25, 0.3) is 0 Å². The molecule has 0 unspecified atom stereocenters. The summed E-state index contributed by atoms with van der Waals surface area (Å²) < 4.78 is 0. The molecule has 1 aromatic heterocycles. The maximum atomic E-state index is 13.3. The molecule has 3 N–H and O–H groups in total. The highest BCUT2D eigenvalue weighted by Crippen LogP contribution is 2.38. The van der Waals surface area contributed by atoms with Crippen LogP contribution in [-0.2, 0) is 16.0 Å². The van der Waals surface area contributed by atoms with E-state index in [9.17, 15) is 9.59 Å². The molecule has 0 bridgehead atoms. The molecular weight excluding hydrogens is 434 g/mol. The monoisotopic (exact) mass is 469 g/mol. The molecule has 2 fully saturated rings. The highest BCUT2D eigenvalue weighted by atomic mass is 32.1. The number of piperidine rings is 1. The van der Waals surface area contributed by atoms with Gasteiger partial charge in [-0.3, -0.25) is 9.59 Å². The molecule has 178 valence electrons. The summed E-state index contributed by atoms with van der Waals surface area (Å²) in [5, 5.41) is 6.56. The molecule has 8 heteroatoms. The highest BCUT2D eigenvalue weighted by molar-refractivity contribution is 7.96. The summed E-state index contributed by atoms with van der Waals surface area (Å²) >= 11 is 4.10. The lowest BCUT2D eigenvalue weighted by atomic mass is 9.73. The molecule has 1 aromatic carbocycles. The van der Waals surface area contributed by atoms with Crippen LogP contribution >= 0.6 is 12.6 Å². The highest BCUT2D eigenvalue weighted by Gasteiger charge is 2.38. The van der Waals surface area contributed by atoms with Crippen molar-refractivity contribution in [3.8, 4) is 0 Å². The number of hydrogen-bond donors (Lipinski definition) is 4. The molecule has 1 saturated heterocycles. The number of benzene rings is 1. The lowest BCUT2D eigenvalue weighted by molar-refractivity contribution is -0.137. The van der Waals surface area contributed by atoms with Gasteiger partial charge in [0.15, 0.2) is 0 Å². The summed E-state index contributed by atoms with van der Waals surface area (Å²) in [6.45, 7) is 2.05. The number of nitrogens with one attached hydrogen (secondary N) is 3. The number of carbonyl (C=O) groups is 2. The average Bonchev–Trinajstić information content (AvgIpc) is 3.35. The molecule has 1 aliphatic carbocycles. The first-order chi connectivity index (χ1) is 16.1. The molecular formula is C25H35N5O2S. The quantitative estimate of drug-likeness (QED) is 0.401. The number of H-pyrrole nitrogens is 1. The summed E-state index contributed by atoms with van der Waals surface area (Å²) in [6, 6.07) is 9.68. The summed E-state index contributed by atoms with van der Waals surface area (Å²) in [7, 11) is 0. The Morgan fingerprint density at radius 3 is 2.70 bits per heavy atom. The molecule has 4 rings (SSSR count). The first-order valence-corrected chi connectivity index (χ1v) is 12.6. The Labute approximate surface area is 201 Å². The van der Waals surface area contributed by atoms with Crippen LogP contribution in [-0.4, -0.2) is 57.6 Å². The van der Waals surface area contributed by atoms with E-state index in [0.29, 0.717) is 37.8 Å². The van der Waals surface area contributed by atoms with Gasteiger partial charge in [-0.05, 0) is 36.8 Å². The Balaban J connectivity index is 1.37. The summed E-state index contributed by atoms with van der Waals surface area (Å²) in [6.07, 6.45) is 10.3. The molecule has 33 heavy (non-hydrogen) atoms. The van der Waals surface area contributed by atoms with E-state index in [1.165, 1.54) is 25.7 Å². The van der Waals surface area contributed by atoms with Crippen molar-refractivity contribution in [3.63, 3.8) is 0 Å². The molecule has 2 heterocycles. The van der Waals surface area contributed by atoms with Crippen molar-refractivity contribution >= 4 is 29.3 Å². The van der Waals surface area contributed by atoms with Gasteiger partial charge < -0.3 is 20.5 Å². The van der Waals surface area contributed by atoms with Gasteiger partial charge in [0.05, 0.1) is 12.4 Å². The number of likely N-dealkylation sites (tertiary alicyclic amines) is 1. The van der Waals surface area contributed by atoms with Crippen molar-refractivity contribution in [2.45, 2.75) is 57.0 Å². The fraction of sp³-hybridized carbons (Fsp3) is 0.560. The van der Waals surface area contributed by atoms with Gasteiger partial charge in [-0.15, -0.1) is 12.6 Å². The van der Waals surface area contributed by atoms with E-state index in [1.54, 1.807) is 12.5 Å². The van der Waals surface area contributed by atoms with Gasteiger partial charge in [-0.2, -0.15) is 0 Å². The SMILES string of the molecule is O=C(S)[C@H](Cc1cnc[nH]1)NC[C@@H]1C[C@H]2CCCC[C@@H]2CN1C(=O)CCNc1ccccc1. The number of thiol groups is 1. The molecule has 2 aromatic rings. The number of aromatic amines is 1. The van der Waals surface area contributed by atoms with Crippen LogP contribution in [0.2, 0.25) is 0 Å². The number of imidazole rings is 1.